The number of thioether (sulfide) groups is 1. The molecule has 2 heterocycles. The number of nitrogens with one attached hydrogen (secondary N) is 1. The van der Waals surface area contributed by atoms with Gasteiger partial charge in [0.05, 0.1) is 15.8 Å². The summed E-state index contributed by atoms with van der Waals surface area (Å²) in [6.07, 6.45) is -1.93. The van der Waals surface area contributed by atoms with Gasteiger partial charge in [0.25, 0.3) is 5.91 Å². The van der Waals surface area contributed by atoms with Gasteiger partial charge in [-0.15, -0.1) is 0 Å². The summed E-state index contributed by atoms with van der Waals surface area (Å²) in [5.41, 5.74) is -0.296. The van der Waals surface area contributed by atoms with Crippen LogP contribution in [0.4, 0.5) is 18.9 Å². The Morgan fingerprint density at radius 3 is 2.50 bits per heavy atom. The van der Waals surface area contributed by atoms with Gasteiger partial charge in [-0.2, -0.15) is 13.2 Å². The lowest BCUT2D eigenvalue weighted by Crippen LogP contribution is -2.31. The van der Waals surface area contributed by atoms with E-state index >= 15 is 0 Å². The van der Waals surface area contributed by atoms with Crippen molar-refractivity contribution in [2.75, 3.05) is 5.32 Å². The van der Waals surface area contributed by atoms with E-state index < -0.39 is 11.7 Å². The van der Waals surface area contributed by atoms with E-state index in [-0.39, 0.29) is 17.2 Å². The molecule has 4 nitrogen and oxygen atoms in total. The fraction of sp³-hybridized carbons (Fsp3) is 0.286. The number of carbonyl (C=O) groups excluding carboxylic acids is 2. The Bertz CT molecular complexity index is 655. The number of hydrogen-bond donors (Lipinski definition) is 1. The highest BCUT2D eigenvalue weighted by atomic mass is 32.2. The van der Waals surface area contributed by atoms with Crippen molar-refractivity contribution in [1.82, 2.24) is 4.90 Å². The predicted molar refractivity (Wildman–Crippen MR) is 75.6 cm³/mol. The Morgan fingerprint density at radius 2 is 1.91 bits per heavy atom. The molecule has 1 aromatic rings. The van der Waals surface area contributed by atoms with E-state index in [0.29, 0.717) is 23.4 Å². The normalized spacial score (nSPS) is 23.3. The van der Waals surface area contributed by atoms with Crippen molar-refractivity contribution in [3.8, 4) is 0 Å². The Balaban J connectivity index is 1.70. The second-order valence-electron chi connectivity index (χ2n) is 4.91. The van der Waals surface area contributed by atoms with Gasteiger partial charge in [0.1, 0.15) is 0 Å². The van der Waals surface area contributed by atoms with E-state index in [9.17, 15) is 22.8 Å². The Morgan fingerprint density at radius 1 is 1.23 bits per heavy atom. The van der Waals surface area contributed by atoms with Gasteiger partial charge in [-0.1, -0.05) is 11.8 Å². The zero-order valence-electron chi connectivity index (χ0n) is 11.2. The number of rotatable bonds is 2. The number of fused-ring (bicyclic) bond motifs is 1. The minimum atomic E-state index is -4.38. The molecule has 2 aliphatic rings. The van der Waals surface area contributed by atoms with Crippen LogP contribution in [-0.2, 0) is 15.8 Å². The third-order valence-electron chi connectivity index (χ3n) is 3.44. The monoisotopic (exact) mass is 328 g/mol. The molecule has 8 heteroatoms. The van der Waals surface area contributed by atoms with Crippen LogP contribution in [0.3, 0.4) is 0 Å². The maximum absolute atomic E-state index is 12.5. The van der Waals surface area contributed by atoms with Crippen LogP contribution < -0.4 is 5.32 Å². The summed E-state index contributed by atoms with van der Waals surface area (Å²) < 4.78 is 37.4. The topological polar surface area (TPSA) is 49.4 Å². The van der Waals surface area contributed by atoms with Crippen molar-refractivity contribution in [2.45, 2.75) is 24.4 Å². The summed E-state index contributed by atoms with van der Waals surface area (Å²) in [5.74, 6) is -0.530. The van der Waals surface area contributed by atoms with Crippen LogP contribution in [0.2, 0.25) is 0 Å². The number of amides is 2. The number of benzene rings is 1. The van der Waals surface area contributed by atoms with Gasteiger partial charge in [-0.3, -0.25) is 14.5 Å². The lowest BCUT2D eigenvalue weighted by Gasteiger charge is -2.09. The van der Waals surface area contributed by atoms with Gasteiger partial charge in [-0.05, 0) is 30.7 Å². The molecule has 0 spiro atoms. The molecular formula is C14H11F3N2O2S. The molecule has 0 bridgehead atoms. The molecule has 1 unspecified atom stereocenters. The zero-order valence-corrected chi connectivity index (χ0v) is 12.0. The van der Waals surface area contributed by atoms with Crippen molar-refractivity contribution in [2.24, 2.45) is 0 Å². The van der Waals surface area contributed by atoms with Gasteiger partial charge < -0.3 is 5.32 Å². The lowest BCUT2D eigenvalue weighted by atomic mass is 10.2. The molecule has 3 rings (SSSR count). The number of nitrogens with zero attached hydrogens (tertiary/aromatic N) is 1. The van der Waals surface area contributed by atoms with Crippen molar-refractivity contribution >= 4 is 29.3 Å². The predicted octanol–water partition coefficient (Wildman–Crippen LogP) is 3.18. The van der Waals surface area contributed by atoms with Crippen LogP contribution in [-0.4, -0.2) is 22.1 Å². The van der Waals surface area contributed by atoms with Crippen molar-refractivity contribution < 1.29 is 22.8 Å². The number of halogens is 3. The number of carbonyl (C=O) groups is 2. The molecule has 2 aliphatic heterocycles. The quantitative estimate of drug-likeness (QED) is 0.669. The standard InChI is InChI=1S/C14H11F3N2O2S/c15-14(16,17)8-1-3-9(4-2-8)18-7-10-13(21)19-11(20)5-6-12(19)22-10/h1-4,7,12,18H,5-6H2/b10-7+. The first kappa shape index (κ1) is 15.0. The van der Waals surface area contributed by atoms with Crippen LogP contribution in [0.25, 0.3) is 0 Å². The molecule has 1 atom stereocenters. The Kier molecular flexibility index (Phi) is 3.64. The van der Waals surface area contributed by atoms with Crippen LogP contribution >= 0.6 is 11.8 Å². The first-order chi connectivity index (χ1) is 10.4. The SMILES string of the molecule is O=C1CCC2S/C(=C/Nc3ccc(C(F)(F)F)cc3)C(=O)N12. The van der Waals surface area contributed by atoms with E-state index in [0.717, 1.165) is 12.1 Å². The smallest absolute Gasteiger partial charge is 0.360 e. The minimum Gasteiger partial charge on any atom is -0.360 e. The highest BCUT2D eigenvalue weighted by molar-refractivity contribution is 8.05. The number of hydrogen-bond acceptors (Lipinski definition) is 4. The lowest BCUT2D eigenvalue weighted by molar-refractivity contribution is -0.139. The minimum absolute atomic E-state index is 0.152. The average molecular weight is 328 g/mol. The van der Waals surface area contributed by atoms with Crippen LogP contribution in [0, 0.1) is 0 Å². The summed E-state index contributed by atoms with van der Waals surface area (Å²) in [7, 11) is 0. The average Bonchev–Trinajstić information content (AvgIpc) is 2.97. The molecule has 2 fully saturated rings. The van der Waals surface area contributed by atoms with Gasteiger partial charge in [0.15, 0.2) is 0 Å². The number of imide groups is 1. The summed E-state index contributed by atoms with van der Waals surface area (Å²) in [6, 6.07) is 4.50. The molecule has 0 aliphatic carbocycles. The highest BCUT2D eigenvalue weighted by Gasteiger charge is 2.44. The number of anilines is 1. The summed E-state index contributed by atoms with van der Waals surface area (Å²) in [5, 5.41) is 2.64. The molecule has 0 aromatic heterocycles. The van der Waals surface area contributed by atoms with E-state index in [1.54, 1.807) is 0 Å². The van der Waals surface area contributed by atoms with Crippen molar-refractivity contribution in [3.63, 3.8) is 0 Å². The Hall–Kier alpha value is -1.96. The van der Waals surface area contributed by atoms with Crippen molar-refractivity contribution in [3.05, 3.63) is 40.9 Å². The maximum Gasteiger partial charge on any atom is 0.416 e. The fourth-order valence-corrected chi connectivity index (χ4v) is 3.50. The second-order valence-corrected chi connectivity index (χ2v) is 6.13. The Labute approximate surface area is 128 Å². The van der Waals surface area contributed by atoms with Crippen LogP contribution in [0.1, 0.15) is 18.4 Å². The largest absolute Gasteiger partial charge is 0.416 e. The van der Waals surface area contributed by atoms with E-state index in [2.05, 4.69) is 5.32 Å². The summed E-state index contributed by atoms with van der Waals surface area (Å²) >= 11 is 1.29. The molecule has 22 heavy (non-hydrogen) atoms. The maximum atomic E-state index is 12.5. The fourth-order valence-electron chi connectivity index (χ4n) is 2.33. The molecule has 0 radical (unpaired) electrons. The van der Waals surface area contributed by atoms with E-state index in [1.165, 1.54) is 35.0 Å². The third kappa shape index (κ3) is 2.70. The van der Waals surface area contributed by atoms with Gasteiger partial charge in [0, 0.05) is 18.3 Å². The van der Waals surface area contributed by atoms with Gasteiger partial charge >= 0.3 is 6.18 Å². The molecule has 1 aromatic carbocycles. The van der Waals surface area contributed by atoms with Crippen molar-refractivity contribution in [1.29, 1.82) is 0 Å². The highest BCUT2D eigenvalue weighted by Crippen LogP contribution is 2.41. The van der Waals surface area contributed by atoms with Gasteiger partial charge in [0.2, 0.25) is 5.91 Å². The summed E-state index contributed by atoms with van der Waals surface area (Å²) in [4.78, 5) is 25.2. The van der Waals surface area contributed by atoms with Crippen LogP contribution in [0.15, 0.2) is 35.4 Å². The first-order valence-corrected chi connectivity index (χ1v) is 7.41. The molecular weight excluding hydrogens is 317 g/mol. The second kappa shape index (κ2) is 5.35. The summed E-state index contributed by atoms with van der Waals surface area (Å²) in [6.45, 7) is 0. The molecule has 1 N–H and O–H groups in total. The zero-order chi connectivity index (χ0) is 15.9. The molecule has 0 saturated carbocycles. The van der Waals surface area contributed by atoms with Gasteiger partial charge in [-0.25, -0.2) is 0 Å². The molecule has 2 amide bonds. The van der Waals surface area contributed by atoms with E-state index in [4.69, 9.17) is 0 Å². The molecule has 116 valence electrons. The molecule has 2 saturated heterocycles. The number of alkyl halides is 3. The third-order valence-corrected chi connectivity index (χ3v) is 4.70. The van der Waals surface area contributed by atoms with Crippen LogP contribution in [0.5, 0.6) is 0 Å². The van der Waals surface area contributed by atoms with E-state index in [1.807, 2.05) is 0 Å². The first-order valence-electron chi connectivity index (χ1n) is 6.53.